The van der Waals surface area contributed by atoms with E-state index in [0.29, 0.717) is 29.4 Å². The molecule has 1 fully saturated rings. The van der Waals surface area contributed by atoms with Crippen molar-refractivity contribution in [1.82, 2.24) is 9.97 Å². The Hall–Kier alpha value is -2.34. The molecule has 6 heteroatoms. The Morgan fingerprint density at radius 3 is 2.91 bits per heavy atom. The van der Waals surface area contributed by atoms with Gasteiger partial charge in [-0.25, -0.2) is 9.37 Å². The van der Waals surface area contributed by atoms with Gasteiger partial charge in [0.25, 0.3) is 0 Å². The van der Waals surface area contributed by atoms with Gasteiger partial charge in [0, 0.05) is 36.5 Å². The third kappa shape index (κ3) is 4.10. The van der Waals surface area contributed by atoms with E-state index < -0.39 is 5.82 Å². The average molecular weight is 316 g/mol. The highest BCUT2D eigenvalue weighted by molar-refractivity contribution is 5.95. The predicted molar refractivity (Wildman–Crippen MR) is 81.1 cm³/mol. The molecule has 1 aliphatic rings. The zero-order valence-corrected chi connectivity index (χ0v) is 12.8. The van der Waals surface area contributed by atoms with E-state index in [-0.39, 0.29) is 18.3 Å². The number of ketones is 1. The van der Waals surface area contributed by atoms with Gasteiger partial charge in [-0.15, -0.1) is 0 Å². The fraction of sp³-hybridized carbons (Fsp3) is 0.353. The van der Waals surface area contributed by atoms with Gasteiger partial charge in [0.2, 0.25) is 0 Å². The minimum Gasteiger partial charge on any atom is -0.491 e. The lowest BCUT2D eigenvalue weighted by Gasteiger charge is -2.26. The van der Waals surface area contributed by atoms with Crippen LogP contribution in [0.3, 0.4) is 0 Å². The Labute approximate surface area is 133 Å². The summed E-state index contributed by atoms with van der Waals surface area (Å²) in [6.07, 6.45) is 2.29. The summed E-state index contributed by atoms with van der Waals surface area (Å²) in [4.78, 5) is 20.5. The van der Waals surface area contributed by atoms with Gasteiger partial charge in [0.1, 0.15) is 23.9 Å². The van der Waals surface area contributed by atoms with Crippen LogP contribution in [-0.4, -0.2) is 35.1 Å². The normalized spacial score (nSPS) is 16.7. The van der Waals surface area contributed by atoms with Crippen molar-refractivity contribution in [3.8, 4) is 5.75 Å². The number of aromatic nitrogens is 2. The van der Waals surface area contributed by atoms with Crippen molar-refractivity contribution < 1.29 is 18.7 Å². The maximum atomic E-state index is 12.9. The van der Waals surface area contributed by atoms with E-state index in [1.54, 1.807) is 19.1 Å². The SMILES string of the molecule is Cc1cc(OCC2CCO2)cc(C(=O)Cc2ccc(F)cn2)n1. The zero-order chi connectivity index (χ0) is 16.2. The molecule has 0 N–H and O–H groups in total. The molecule has 1 unspecified atom stereocenters. The predicted octanol–water partition coefficient (Wildman–Crippen LogP) is 2.52. The maximum Gasteiger partial charge on any atom is 0.187 e. The number of rotatable bonds is 6. The van der Waals surface area contributed by atoms with Gasteiger partial charge in [-0.3, -0.25) is 9.78 Å². The van der Waals surface area contributed by atoms with E-state index in [9.17, 15) is 9.18 Å². The number of Topliss-reactive ketones (excluding diaryl/α,β-unsaturated/α-hetero) is 1. The summed E-state index contributed by atoms with van der Waals surface area (Å²) in [5, 5.41) is 0. The number of carbonyl (C=O) groups is 1. The van der Waals surface area contributed by atoms with E-state index >= 15 is 0 Å². The summed E-state index contributed by atoms with van der Waals surface area (Å²) in [6, 6.07) is 6.18. The van der Waals surface area contributed by atoms with Crippen molar-refractivity contribution >= 4 is 5.78 Å². The van der Waals surface area contributed by atoms with Gasteiger partial charge in [0.05, 0.1) is 18.7 Å². The van der Waals surface area contributed by atoms with Crippen LogP contribution in [0.5, 0.6) is 5.75 Å². The molecular weight excluding hydrogens is 299 g/mol. The van der Waals surface area contributed by atoms with Gasteiger partial charge < -0.3 is 9.47 Å². The Morgan fingerprint density at radius 2 is 2.26 bits per heavy atom. The molecule has 0 radical (unpaired) electrons. The van der Waals surface area contributed by atoms with E-state index in [2.05, 4.69) is 9.97 Å². The second kappa shape index (κ2) is 6.83. The number of carbonyl (C=O) groups excluding carboxylic acids is 1. The summed E-state index contributed by atoms with van der Waals surface area (Å²) >= 11 is 0. The Balaban J connectivity index is 1.68. The molecule has 0 aromatic carbocycles. The van der Waals surface area contributed by atoms with E-state index in [0.717, 1.165) is 19.2 Å². The highest BCUT2D eigenvalue weighted by Crippen LogP contribution is 2.18. The number of ether oxygens (including phenoxy) is 2. The topological polar surface area (TPSA) is 61.3 Å². The largest absolute Gasteiger partial charge is 0.491 e. The molecule has 1 saturated heterocycles. The number of nitrogens with zero attached hydrogens (tertiary/aromatic N) is 2. The molecule has 1 aliphatic heterocycles. The van der Waals surface area contributed by atoms with Crippen molar-refractivity contribution in [1.29, 1.82) is 0 Å². The fourth-order valence-corrected chi connectivity index (χ4v) is 2.23. The van der Waals surface area contributed by atoms with Crippen molar-refractivity contribution in [2.24, 2.45) is 0 Å². The quantitative estimate of drug-likeness (QED) is 0.766. The average Bonchev–Trinajstić information content (AvgIpc) is 2.47. The first-order chi connectivity index (χ1) is 11.1. The van der Waals surface area contributed by atoms with E-state index in [1.165, 1.54) is 12.1 Å². The Kier molecular flexibility index (Phi) is 4.62. The molecule has 5 nitrogen and oxygen atoms in total. The number of aryl methyl sites for hydroxylation is 1. The summed E-state index contributed by atoms with van der Waals surface area (Å²) in [5.41, 5.74) is 1.53. The summed E-state index contributed by atoms with van der Waals surface area (Å²) in [6.45, 7) is 3.05. The molecule has 0 bridgehead atoms. The van der Waals surface area contributed by atoms with Crippen LogP contribution in [0.4, 0.5) is 4.39 Å². The molecule has 3 rings (SSSR count). The third-order valence-corrected chi connectivity index (χ3v) is 3.57. The standard InChI is InChI=1S/C17H17FN2O3/c1-11-6-15(23-10-14-4-5-22-14)8-16(20-11)17(21)7-13-3-2-12(18)9-19-13/h2-3,6,8-9,14H,4-5,7,10H2,1H3. The monoisotopic (exact) mass is 316 g/mol. The number of halogens is 1. The lowest BCUT2D eigenvalue weighted by Crippen LogP contribution is -2.32. The van der Waals surface area contributed by atoms with Crippen LogP contribution < -0.4 is 4.74 Å². The Bertz CT molecular complexity index is 699. The fourth-order valence-electron chi connectivity index (χ4n) is 2.23. The second-order valence-electron chi connectivity index (χ2n) is 5.49. The van der Waals surface area contributed by atoms with E-state index in [4.69, 9.17) is 9.47 Å². The smallest absolute Gasteiger partial charge is 0.187 e. The van der Waals surface area contributed by atoms with Crippen LogP contribution >= 0.6 is 0 Å². The lowest BCUT2D eigenvalue weighted by atomic mass is 10.1. The van der Waals surface area contributed by atoms with Gasteiger partial charge in [0.15, 0.2) is 5.78 Å². The molecule has 0 amide bonds. The first kappa shape index (κ1) is 15.6. The molecule has 0 spiro atoms. The molecule has 2 aromatic rings. The highest BCUT2D eigenvalue weighted by atomic mass is 19.1. The van der Waals surface area contributed by atoms with Crippen molar-refractivity contribution in [3.05, 3.63) is 53.4 Å². The lowest BCUT2D eigenvalue weighted by molar-refractivity contribution is -0.0721. The van der Waals surface area contributed by atoms with Gasteiger partial charge in [-0.05, 0) is 19.1 Å². The van der Waals surface area contributed by atoms with Crippen molar-refractivity contribution in [3.63, 3.8) is 0 Å². The third-order valence-electron chi connectivity index (χ3n) is 3.57. The number of pyridine rings is 2. The Morgan fingerprint density at radius 1 is 1.43 bits per heavy atom. The number of hydrogen-bond acceptors (Lipinski definition) is 5. The van der Waals surface area contributed by atoms with Crippen LogP contribution in [-0.2, 0) is 11.2 Å². The maximum absolute atomic E-state index is 12.9. The molecule has 2 aromatic heterocycles. The van der Waals surface area contributed by atoms with Crippen LogP contribution in [0, 0.1) is 12.7 Å². The van der Waals surface area contributed by atoms with Crippen molar-refractivity contribution in [2.45, 2.75) is 25.9 Å². The number of hydrogen-bond donors (Lipinski definition) is 0. The molecule has 1 atom stereocenters. The molecule has 0 aliphatic carbocycles. The minimum absolute atomic E-state index is 0.0713. The zero-order valence-electron chi connectivity index (χ0n) is 12.8. The van der Waals surface area contributed by atoms with Crippen molar-refractivity contribution in [2.75, 3.05) is 13.2 Å². The van der Waals surface area contributed by atoms with Crippen LogP contribution in [0.25, 0.3) is 0 Å². The summed E-state index contributed by atoms with van der Waals surface area (Å²) in [5.74, 6) is -0.00949. The van der Waals surface area contributed by atoms with Crippen LogP contribution in [0.15, 0.2) is 30.5 Å². The molecule has 120 valence electrons. The molecule has 0 saturated carbocycles. The molecular formula is C17H17FN2O3. The van der Waals surface area contributed by atoms with Crippen LogP contribution in [0.2, 0.25) is 0 Å². The minimum atomic E-state index is -0.427. The highest BCUT2D eigenvalue weighted by Gasteiger charge is 2.19. The van der Waals surface area contributed by atoms with Gasteiger partial charge in [-0.1, -0.05) is 0 Å². The van der Waals surface area contributed by atoms with Gasteiger partial charge >= 0.3 is 0 Å². The molecule has 3 heterocycles. The van der Waals surface area contributed by atoms with Gasteiger partial charge in [-0.2, -0.15) is 0 Å². The first-order valence-corrected chi connectivity index (χ1v) is 7.47. The summed E-state index contributed by atoms with van der Waals surface area (Å²) < 4.78 is 23.8. The van der Waals surface area contributed by atoms with E-state index in [1.807, 2.05) is 0 Å². The second-order valence-corrected chi connectivity index (χ2v) is 5.49. The summed E-state index contributed by atoms with van der Waals surface area (Å²) in [7, 11) is 0. The van der Waals surface area contributed by atoms with Crippen LogP contribution in [0.1, 0.15) is 28.3 Å². The molecule has 23 heavy (non-hydrogen) atoms. The first-order valence-electron chi connectivity index (χ1n) is 7.47.